The first kappa shape index (κ1) is 14.4. The molecule has 0 aliphatic carbocycles. The fourth-order valence-electron chi connectivity index (χ4n) is 2.25. The number of hydrogen-bond acceptors (Lipinski definition) is 3. The molecule has 0 amide bonds. The zero-order valence-electron chi connectivity index (χ0n) is 11.6. The molecule has 0 spiro atoms. The molecule has 108 valence electrons. The number of pyridine rings is 1. The number of aromatic nitrogens is 1. The maximum atomic E-state index is 14.2. The first-order valence-electron chi connectivity index (χ1n) is 6.44. The normalized spacial score (nSPS) is 10.9. The molecule has 20 heavy (non-hydrogen) atoms. The van der Waals surface area contributed by atoms with Gasteiger partial charge in [-0.05, 0) is 19.9 Å². The van der Waals surface area contributed by atoms with Gasteiger partial charge >= 0.3 is 0 Å². The van der Waals surface area contributed by atoms with Crippen LogP contribution in [0, 0.1) is 17.5 Å². The lowest BCUT2D eigenvalue weighted by molar-refractivity contribution is 0.453. The lowest BCUT2D eigenvalue weighted by atomic mass is 10.1. The largest absolute Gasteiger partial charge is 0.386 e. The van der Waals surface area contributed by atoms with Crippen LogP contribution in [-0.4, -0.2) is 25.1 Å². The van der Waals surface area contributed by atoms with E-state index >= 15 is 0 Å². The quantitative estimate of drug-likeness (QED) is 0.870. The summed E-state index contributed by atoms with van der Waals surface area (Å²) >= 11 is 0. The summed E-state index contributed by atoms with van der Waals surface area (Å²) in [4.78, 5) is 5.98. The number of anilines is 2. The first-order chi connectivity index (χ1) is 9.54. The second-order valence-electron chi connectivity index (χ2n) is 4.33. The van der Waals surface area contributed by atoms with Crippen molar-refractivity contribution in [2.24, 2.45) is 0 Å². The van der Waals surface area contributed by atoms with Crippen LogP contribution in [0.5, 0.6) is 0 Å². The van der Waals surface area contributed by atoms with Crippen LogP contribution in [0.1, 0.15) is 13.8 Å². The molecule has 2 rings (SSSR count). The minimum Gasteiger partial charge on any atom is -0.386 e. The van der Waals surface area contributed by atoms with Gasteiger partial charge in [-0.15, -0.1) is 0 Å². The van der Waals surface area contributed by atoms with Crippen molar-refractivity contribution in [3.63, 3.8) is 0 Å². The Morgan fingerprint density at radius 2 is 1.80 bits per heavy atom. The van der Waals surface area contributed by atoms with Crippen LogP contribution in [0.3, 0.4) is 0 Å². The van der Waals surface area contributed by atoms with E-state index in [-0.39, 0.29) is 10.8 Å². The Morgan fingerprint density at radius 3 is 2.35 bits per heavy atom. The molecule has 0 aliphatic heterocycles. The smallest absolute Gasteiger partial charge is 0.195 e. The Bertz CT molecular complexity index is 639. The van der Waals surface area contributed by atoms with Crippen LogP contribution in [0.15, 0.2) is 12.3 Å². The monoisotopic (exact) mass is 283 g/mol. The van der Waals surface area contributed by atoms with Crippen LogP contribution in [-0.2, 0) is 0 Å². The molecule has 0 unspecified atom stereocenters. The lowest BCUT2D eigenvalue weighted by Crippen LogP contribution is -2.23. The summed E-state index contributed by atoms with van der Waals surface area (Å²) in [6.07, 6.45) is 1.49. The van der Waals surface area contributed by atoms with E-state index in [2.05, 4.69) is 10.3 Å². The van der Waals surface area contributed by atoms with Crippen molar-refractivity contribution in [3.8, 4) is 0 Å². The van der Waals surface area contributed by atoms with Crippen LogP contribution < -0.4 is 10.2 Å². The number of benzene rings is 1. The molecule has 0 bridgehead atoms. The average Bonchev–Trinajstić information content (AvgIpc) is 2.46. The Balaban J connectivity index is 2.88. The van der Waals surface area contributed by atoms with Crippen molar-refractivity contribution in [3.05, 3.63) is 29.7 Å². The minimum atomic E-state index is -1.47. The molecule has 0 radical (unpaired) electrons. The molecule has 1 aromatic carbocycles. The van der Waals surface area contributed by atoms with Gasteiger partial charge in [0.05, 0.1) is 17.3 Å². The molecule has 0 fully saturated rings. The van der Waals surface area contributed by atoms with Gasteiger partial charge in [0.1, 0.15) is 5.82 Å². The van der Waals surface area contributed by atoms with E-state index < -0.39 is 17.5 Å². The van der Waals surface area contributed by atoms with Gasteiger partial charge in [0.15, 0.2) is 17.5 Å². The first-order valence-corrected chi connectivity index (χ1v) is 6.44. The Hall–Kier alpha value is -1.98. The molecule has 6 heteroatoms. The molecule has 1 aromatic heterocycles. The Morgan fingerprint density at radius 1 is 1.15 bits per heavy atom. The van der Waals surface area contributed by atoms with Gasteiger partial charge in [-0.25, -0.2) is 18.2 Å². The molecule has 0 aliphatic rings. The summed E-state index contributed by atoms with van der Waals surface area (Å²) in [5.74, 6) is -3.56. The lowest BCUT2D eigenvalue weighted by Gasteiger charge is -2.22. The van der Waals surface area contributed by atoms with Crippen molar-refractivity contribution in [1.29, 1.82) is 0 Å². The Labute approximate surface area is 115 Å². The van der Waals surface area contributed by atoms with Gasteiger partial charge in [-0.3, -0.25) is 0 Å². The van der Waals surface area contributed by atoms with E-state index in [0.717, 1.165) is 6.07 Å². The highest BCUT2D eigenvalue weighted by molar-refractivity contribution is 6.00. The van der Waals surface area contributed by atoms with Gasteiger partial charge in [-0.2, -0.15) is 0 Å². The van der Waals surface area contributed by atoms with E-state index in [0.29, 0.717) is 24.6 Å². The molecule has 3 nitrogen and oxygen atoms in total. The molecular weight excluding hydrogens is 267 g/mol. The van der Waals surface area contributed by atoms with Crippen molar-refractivity contribution >= 4 is 22.3 Å². The fourth-order valence-corrected chi connectivity index (χ4v) is 2.25. The third-order valence-electron chi connectivity index (χ3n) is 3.32. The second-order valence-corrected chi connectivity index (χ2v) is 4.33. The van der Waals surface area contributed by atoms with Gasteiger partial charge in [0.25, 0.3) is 0 Å². The second kappa shape index (κ2) is 5.56. The summed E-state index contributed by atoms with van der Waals surface area (Å²) < 4.78 is 41.1. The van der Waals surface area contributed by atoms with E-state index in [9.17, 15) is 13.2 Å². The molecule has 0 saturated carbocycles. The Kier molecular flexibility index (Phi) is 4.01. The maximum Gasteiger partial charge on any atom is 0.195 e. The fraction of sp³-hybridized carbons (Fsp3) is 0.357. The summed E-state index contributed by atoms with van der Waals surface area (Å²) in [6, 6.07) is 0.994. The van der Waals surface area contributed by atoms with Gasteiger partial charge in [-0.1, -0.05) is 0 Å². The van der Waals surface area contributed by atoms with Crippen LogP contribution in [0.4, 0.5) is 24.7 Å². The molecule has 2 aromatic rings. The molecule has 1 N–H and O–H groups in total. The average molecular weight is 283 g/mol. The topological polar surface area (TPSA) is 28.2 Å². The SMILES string of the molecule is CCN(CC)c1ncc(NC)c2cc(F)c(F)c(F)c12. The number of fused-ring (bicyclic) bond motifs is 1. The summed E-state index contributed by atoms with van der Waals surface area (Å²) in [5, 5.41) is 3.09. The van der Waals surface area contributed by atoms with E-state index in [1.165, 1.54) is 6.20 Å². The van der Waals surface area contributed by atoms with Gasteiger partial charge < -0.3 is 10.2 Å². The van der Waals surface area contributed by atoms with E-state index in [4.69, 9.17) is 0 Å². The predicted octanol–water partition coefficient (Wildman–Crippen LogP) is 3.54. The van der Waals surface area contributed by atoms with Crippen molar-refractivity contribution in [2.45, 2.75) is 13.8 Å². The number of hydrogen-bond donors (Lipinski definition) is 1. The minimum absolute atomic E-state index is 0.000509. The molecule has 0 saturated heterocycles. The van der Waals surface area contributed by atoms with Gasteiger partial charge in [0.2, 0.25) is 0 Å². The van der Waals surface area contributed by atoms with Crippen molar-refractivity contribution < 1.29 is 13.2 Å². The molecule has 1 heterocycles. The highest BCUT2D eigenvalue weighted by Crippen LogP contribution is 2.34. The predicted molar refractivity (Wildman–Crippen MR) is 74.7 cm³/mol. The van der Waals surface area contributed by atoms with Crippen molar-refractivity contribution in [1.82, 2.24) is 4.98 Å². The van der Waals surface area contributed by atoms with E-state index in [1.807, 2.05) is 13.8 Å². The van der Waals surface area contributed by atoms with Gasteiger partial charge in [0, 0.05) is 25.5 Å². The third-order valence-corrected chi connectivity index (χ3v) is 3.32. The maximum absolute atomic E-state index is 14.2. The number of nitrogens with zero attached hydrogens (tertiary/aromatic N) is 2. The van der Waals surface area contributed by atoms with Crippen LogP contribution in [0.2, 0.25) is 0 Å². The number of rotatable bonds is 4. The number of halogens is 3. The summed E-state index contributed by atoms with van der Waals surface area (Å²) in [5.41, 5.74) is 0.453. The molecular formula is C14H16F3N3. The molecule has 0 atom stereocenters. The van der Waals surface area contributed by atoms with Crippen LogP contribution >= 0.6 is 0 Å². The highest BCUT2D eigenvalue weighted by atomic mass is 19.2. The standard InChI is InChI=1S/C14H16F3N3/c1-4-20(5-2)14-11-8(10(18-3)7-19-14)6-9(15)12(16)13(11)17/h6-7,18H,4-5H2,1-3H3. The van der Waals surface area contributed by atoms with Crippen molar-refractivity contribution in [2.75, 3.05) is 30.4 Å². The summed E-state index contributed by atoms with van der Waals surface area (Å²) in [7, 11) is 1.62. The third kappa shape index (κ3) is 2.15. The summed E-state index contributed by atoms with van der Waals surface area (Å²) in [6.45, 7) is 4.97. The highest BCUT2D eigenvalue weighted by Gasteiger charge is 2.21. The van der Waals surface area contributed by atoms with Crippen LogP contribution in [0.25, 0.3) is 10.8 Å². The number of nitrogens with one attached hydrogen (secondary N) is 1. The van der Waals surface area contributed by atoms with E-state index in [1.54, 1.807) is 11.9 Å². The zero-order valence-corrected chi connectivity index (χ0v) is 11.6. The zero-order chi connectivity index (χ0) is 14.9.